The molecular weight excluding hydrogens is 591 g/mol. The zero-order valence-electron chi connectivity index (χ0n) is 19.3. The van der Waals surface area contributed by atoms with Crippen LogP contribution in [0.4, 0.5) is 74.6 Å². The molecule has 0 amide bonds. The maximum atomic E-state index is 13.3. The van der Waals surface area contributed by atoms with Crippen LogP contribution in [0.5, 0.6) is 0 Å². The Balaban J connectivity index is 0. The van der Waals surface area contributed by atoms with Crippen molar-refractivity contribution in [3.05, 3.63) is 0 Å². The average molecular weight is 610 g/mol. The minimum atomic E-state index is -6.07. The molecule has 1 fully saturated rings. The van der Waals surface area contributed by atoms with Crippen LogP contribution in [0.2, 0.25) is 0 Å². The second-order valence-corrected chi connectivity index (χ2v) is 7.60. The van der Waals surface area contributed by atoms with Gasteiger partial charge >= 0.3 is 35.8 Å². The van der Waals surface area contributed by atoms with Crippen molar-refractivity contribution in [2.45, 2.75) is 80.5 Å². The number of hydrogen-bond donors (Lipinski definition) is 0. The van der Waals surface area contributed by atoms with Crippen LogP contribution in [-0.4, -0.2) is 80.2 Å². The summed E-state index contributed by atoms with van der Waals surface area (Å²) in [5.41, 5.74) is -5.48. The van der Waals surface area contributed by atoms with Gasteiger partial charge in [-0.2, -0.15) is 26.3 Å². The fourth-order valence-corrected chi connectivity index (χ4v) is 2.28. The Hall–Kier alpha value is -1.80. The van der Waals surface area contributed by atoms with Gasteiger partial charge in [0.25, 0.3) is 23.9 Å². The number of halogens is 17. The number of carbonyl (C=O) groups excluding carboxylic acids is 1. The van der Waals surface area contributed by atoms with Crippen LogP contribution < -0.4 is 0 Å². The van der Waals surface area contributed by atoms with Crippen LogP contribution in [0, 0.1) is 0 Å². The highest BCUT2D eigenvalue weighted by Crippen LogP contribution is 2.63. The summed E-state index contributed by atoms with van der Waals surface area (Å²) in [4.78, 5) is 9.64. The molecule has 21 heteroatoms. The third-order valence-electron chi connectivity index (χ3n) is 4.34. The second-order valence-electron chi connectivity index (χ2n) is 7.60. The molecule has 1 aliphatic heterocycles. The first-order chi connectivity index (χ1) is 16.5. The van der Waals surface area contributed by atoms with Crippen LogP contribution in [0.25, 0.3) is 0 Å². The summed E-state index contributed by atoms with van der Waals surface area (Å²) in [7, 11) is 0.500. The van der Waals surface area contributed by atoms with Gasteiger partial charge in [0, 0.05) is 20.8 Å². The van der Waals surface area contributed by atoms with Gasteiger partial charge in [-0.3, -0.25) is 18.7 Å². The second kappa shape index (κ2) is 11.7. The van der Waals surface area contributed by atoms with E-state index >= 15 is 0 Å². The Morgan fingerprint density at radius 1 is 0.816 bits per heavy atom. The molecule has 3 atom stereocenters. The lowest BCUT2D eigenvalue weighted by molar-refractivity contribution is -0.385. The molecule has 0 N–H and O–H groups in total. The molecule has 0 aromatic rings. The number of ether oxygens (including phenoxy) is 3. The van der Waals surface area contributed by atoms with Crippen LogP contribution in [0.1, 0.15) is 27.2 Å². The highest BCUT2D eigenvalue weighted by Gasteiger charge is 2.92. The number of alkyl halides is 17. The Kier molecular flexibility index (Phi) is 11.9. The summed E-state index contributed by atoms with van der Waals surface area (Å²) >= 11 is 0. The topological polar surface area (TPSA) is 44.8 Å². The van der Waals surface area contributed by atoms with Gasteiger partial charge in [-0.05, 0) is 0 Å². The summed E-state index contributed by atoms with van der Waals surface area (Å²) in [6, 6.07) is 0. The predicted octanol–water partition coefficient (Wildman–Crippen LogP) is 6.96. The van der Waals surface area contributed by atoms with Crippen molar-refractivity contribution >= 4 is 6.47 Å². The van der Waals surface area contributed by atoms with E-state index in [4.69, 9.17) is 0 Å². The molecule has 0 aliphatic carbocycles. The summed E-state index contributed by atoms with van der Waals surface area (Å²) in [5, 5.41) is 0. The Bertz CT molecular complexity index is 763. The number of carbonyl (C=O) groups is 1. The molecule has 0 saturated carbocycles. The first-order valence-electron chi connectivity index (χ1n) is 9.22. The molecule has 0 aromatic heterocycles. The van der Waals surface area contributed by atoms with E-state index in [1.165, 1.54) is 0 Å². The SMILES string of the molecule is CC(F)(F)C(C)(F)OC(F)(F)CC(F)(F)COC=O.CC(F)(F)C1(F)OC(F)(F)C(F)(F)C1(F)CF.CF. The molecule has 0 aromatic carbocycles. The molecule has 1 rings (SSSR count). The monoisotopic (exact) mass is 610 g/mol. The van der Waals surface area contributed by atoms with Crippen LogP contribution >= 0.6 is 0 Å². The third-order valence-corrected chi connectivity index (χ3v) is 4.34. The zero-order chi connectivity index (χ0) is 31.4. The summed E-state index contributed by atoms with van der Waals surface area (Å²) in [6.45, 7) is -5.75. The summed E-state index contributed by atoms with van der Waals surface area (Å²) < 4.78 is 223. The van der Waals surface area contributed by atoms with E-state index in [0.717, 1.165) is 0 Å². The largest absolute Gasteiger partial charge is 0.461 e. The van der Waals surface area contributed by atoms with E-state index in [1.807, 2.05) is 0 Å². The first kappa shape index (κ1) is 38.3. The molecule has 4 nitrogen and oxygen atoms in total. The number of rotatable bonds is 10. The fraction of sp³-hybridized carbons (Fsp3) is 0.941. The van der Waals surface area contributed by atoms with Gasteiger partial charge in [0.1, 0.15) is 13.1 Å². The Morgan fingerprint density at radius 2 is 1.24 bits per heavy atom. The molecule has 1 aliphatic rings. The highest BCUT2D eigenvalue weighted by molar-refractivity contribution is 5.37. The van der Waals surface area contributed by atoms with Gasteiger partial charge in [-0.25, -0.2) is 43.9 Å². The summed E-state index contributed by atoms with van der Waals surface area (Å²) in [5.74, 6) is -29.4. The minimum Gasteiger partial charge on any atom is -0.461 e. The molecule has 0 spiro atoms. The van der Waals surface area contributed by atoms with Crippen LogP contribution in [0.3, 0.4) is 0 Å². The molecule has 1 heterocycles. The van der Waals surface area contributed by atoms with Gasteiger partial charge in [-0.1, -0.05) is 0 Å². The highest BCUT2D eigenvalue weighted by atomic mass is 19.3. The van der Waals surface area contributed by atoms with Crippen molar-refractivity contribution in [2.24, 2.45) is 0 Å². The van der Waals surface area contributed by atoms with Gasteiger partial charge in [0.15, 0.2) is 6.61 Å². The van der Waals surface area contributed by atoms with Crippen molar-refractivity contribution < 1.29 is 93.6 Å². The standard InChI is InChI=1S/C9H11F7O3.C7H5F9O.CH3F/c1-6(10,11)7(2,12)19-9(15,16)3-8(13,14)4-18-5-17;1-3(9,10)6(14)4(11,2-8)5(12,13)7(15,16)17-6;1-2/h5H,3-4H2,1-2H3;2H2,1H3;1H3. The van der Waals surface area contributed by atoms with Gasteiger partial charge in [0.05, 0.1) is 7.18 Å². The Morgan fingerprint density at radius 3 is 1.53 bits per heavy atom. The van der Waals surface area contributed by atoms with E-state index in [0.29, 0.717) is 7.18 Å². The maximum Gasteiger partial charge on any atom is 0.426 e. The maximum absolute atomic E-state index is 13.3. The fourth-order valence-electron chi connectivity index (χ4n) is 2.28. The lowest BCUT2D eigenvalue weighted by Gasteiger charge is -2.34. The lowest BCUT2D eigenvalue weighted by atomic mass is 9.89. The van der Waals surface area contributed by atoms with E-state index in [1.54, 1.807) is 0 Å². The average Bonchev–Trinajstić information content (AvgIpc) is 2.80. The number of hydrogen-bond acceptors (Lipinski definition) is 4. The molecule has 1 saturated heterocycles. The molecular formula is C17H19F17O4. The third kappa shape index (κ3) is 7.87. The van der Waals surface area contributed by atoms with E-state index in [-0.39, 0.29) is 13.8 Å². The minimum absolute atomic E-state index is 0.0129. The molecule has 38 heavy (non-hydrogen) atoms. The van der Waals surface area contributed by atoms with Gasteiger partial charge in [-0.15, -0.1) is 0 Å². The van der Waals surface area contributed by atoms with Gasteiger partial charge in [0.2, 0.25) is 0 Å². The summed E-state index contributed by atoms with van der Waals surface area (Å²) in [6.07, 6.45) is -13.2. The van der Waals surface area contributed by atoms with Crippen molar-refractivity contribution in [2.75, 3.05) is 20.5 Å². The van der Waals surface area contributed by atoms with Crippen LogP contribution in [-0.2, 0) is 19.0 Å². The van der Waals surface area contributed by atoms with Gasteiger partial charge < -0.3 is 4.74 Å². The van der Waals surface area contributed by atoms with Crippen molar-refractivity contribution in [3.8, 4) is 0 Å². The lowest BCUT2D eigenvalue weighted by Crippen LogP contribution is -2.63. The quantitative estimate of drug-likeness (QED) is 0.198. The van der Waals surface area contributed by atoms with Crippen molar-refractivity contribution in [1.29, 1.82) is 0 Å². The molecule has 3 unspecified atom stereocenters. The molecule has 230 valence electrons. The molecule has 0 radical (unpaired) electrons. The normalized spacial score (nSPS) is 26.8. The Labute approximate surface area is 202 Å². The van der Waals surface area contributed by atoms with Crippen LogP contribution in [0.15, 0.2) is 0 Å². The smallest absolute Gasteiger partial charge is 0.426 e. The van der Waals surface area contributed by atoms with Crippen molar-refractivity contribution in [1.82, 2.24) is 0 Å². The van der Waals surface area contributed by atoms with E-state index in [9.17, 15) is 79.4 Å². The van der Waals surface area contributed by atoms with E-state index < -0.39 is 86.4 Å². The zero-order valence-corrected chi connectivity index (χ0v) is 19.3. The predicted molar refractivity (Wildman–Crippen MR) is 90.0 cm³/mol. The van der Waals surface area contributed by atoms with Crippen molar-refractivity contribution in [3.63, 3.8) is 0 Å². The first-order valence-corrected chi connectivity index (χ1v) is 9.22. The van der Waals surface area contributed by atoms with E-state index in [2.05, 4.69) is 14.2 Å². The molecule has 0 bridgehead atoms.